The molecule has 32 heavy (non-hydrogen) atoms. The molecule has 4 aromatic rings. The van der Waals surface area contributed by atoms with E-state index in [1.807, 2.05) is 30.3 Å². The van der Waals surface area contributed by atoms with Crippen LogP contribution in [0.25, 0.3) is 16.9 Å². The Labute approximate surface area is 182 Å². The minimum atomic E-state index is -5.50. The molecule has 4 rings (SSSR count). The summed E-state index contributed by atoms with van der Waals surface area (Å²) < 4.78 is 64.9. The third-order valence-corrected chi connectivity index (χ3v) is 6.26. The minimum Gasteiger partial charge on any atom is -0.380 e. The molecule has 0 saturated heterocycles. The number of sulfone groups is 1. The first-order valence-electron chi connectivity index (χ1n) is 9.46. The standard InChI is InChI=1S/C22H17F3N4O2S/c23-22(24,25)32(30,31)20-9-5-4-8-19(20)27-14-17-15-29(18-6-2-1-3-7-18)28-21(17)16-10-12-26-13-11-16/h1-13,15,27H,14H2. The summed E-state index contributed by atoms with van der Waals surface area (Å²) in [5.41, 5.74) is -2.71. The van der Waals surface area contributed by atoms with Gasteiger partial charge in [0.2, 0.25) is 0 Å². The normalized spacial score (nSPS) is 12.0. The monoisotopic (exact) mass is 458 g/mol. The van der Waals surface area contributed by atoms with Crippen molar-refractivity contribution in [3.05, 3.63) is 90.9 Å². The molecule has 2 heterocycles. The summed E-state index contributed by atoms with van der Waals surface area (Å²) in [4.78, 5) is 3.17. The Morgan fingerprint density at radius 3 is 2.25 bits per heavy atom. The highest BCUT2D eigenvalue weighted by molar-refractivity contribution is 7.92. The number of aromatic nitrogens is 3. The van der Waals surface area contributed by atoms with E-state index >= 15 is 0 Å². The quantitative estimate of drug-likeness (QED) is 0.448. The van der Waals surface area contributed by atoms with Gasteiger partial charge in [-0.2, -0.15) is 18.3 Å². The van der Waals surface area contributed by atoms with Crippen LogP contribution in [0.4, 0.5) is 18.9 Å². The van der Waals surface area contributed by atoms with Crippen LogP contribution >= 0.6 is 0 Å². The Morgan fingerprint density at radius 1 is 0.906 bits per heavy atom. The number of hydrogen-bond acceptors (Lipinski definition) is 5. The molecule has 0 aliphatic rings. The molecule has 0 fully saturated rings. The van der Waals surface area contributed by atoms with Gasteiger partial charge in [-0.15, -0.1) is 0 Å². The molecule has 0 bridgehead atoms. The number of anilines is 1. The lowest BCUT2D eigenvalue weighted by molar-refractivity contribution is -0.0435. The maximum Gasteiger partial charge on any atom is 0.501 e. The van der Waals surface area contributed by atoms with Gasteiger partial charge >= 0.3 is 5.51 Å². The Bertz CT molecular complexity index is 1320. The van der Waals surface area contributed by atoms with E-state index in [4.69, 9.17) is 0 Å². The lowest BCUT2D eigenvalue weighted by Crippen LogP contribution is -2.24. The largest absolute Gasteiger partial charge is 0.501 e. The lowest BCUT2D eigenvalue weighted by Gasteiger charge is -2.14. The molecule has 2 aromatic carbocycles. The van der Waals surface area contributed by atoms with Crippen LogP contribution in [0.15, 0.2) is 90.2 Å². The maximum absolute atomic E-state index is 13.1. The Hall–Kier alpha value is -3.66. The van der Waals surface area contributed by atoms with E-state index in [0.717, 1.165) is 17.3 Å². The van der Waals surface area contributed by atoms with Crippen molar-refractivity contribution in [3.8, 4) is 16.9 Å². The number of para-hydroxylation sites is 2. The molecule has 1 N–H and O–H groups in total. The van der Waals surface area contributed by atoms with E-state index in [2.05, 4.69) is 15.4 Å². The van der Waals surface area contributed by atoms with E-state index in [1.165, 1.54) is 18.2 Å². The average molecular weight is 458 g/mol. The minimum absolute atomic E-state index is 0.0505. The zero-order valence-electron chi connectivity index (χ0n) is 16.5. The summed E-state index contributed by atoms with van der Waals surface area (Å²) in [5, 5.41) is 7.46. The van der Waals surface area contributed by atoms with Gasteiger partial charge in [-0.25, -0.2) is 13.1 Å². The molecule has 0 amide bonds. The molecule has 0 spiro atoms. The topological polar surface area (TPSA) is 76.9 Å². The third kappa shape index (κ3) is 4.22. The molecule has 164 valence electrons. The summed E-state index contributed by atoms with van der Waals surface area (Å²) in [6.45, 7) is 0.0505. The van der Waals surface area contributed by atoms with Gasteiger partial charge in [0.15, 0.2) is 0 Å². The summed E-state index contributed by atoms with van der Waals surface area (Å²) in [6, 6.07) is 17.8. The van der Waals surface area contributed by atoms with Crippen molar-refractivity contribution in [3.63, 3.8) is 0 Å². The average Bonchev–Trinajstić information content (AvgIpc) is 3.22. The fourth-order valence-corrected chi connectivity index (χ4v) is 4.10. The summed E-state index contributed by atoms with van der Waals surface area (Å²) in [5.74, 6) is 0. The van der Waals surface area contributed by atoms with E-state index in [-0.39, 0.29) is 12.2 Å². The van der Waals surface area contributed by atoms with Crippen LogP contribution in [0.2, 0.25) is 0 Å². The zero-order chi connectivity index (χ0) is 22.8. The van der Waals surface area contributed by atoms with Crippen LogP contribution in [0.1, 0.15) is 5.56 Å². The van der Waals surface area contributed by atoms with Crippen molar-refractivity contribution < 1.29 is 21.6 Å². The molecule has 0 aliphatic carbocycles. The fraction of sp³-hybridized carbons (Fsp3) is 0.0909. The highest BCUT2D eigenvalue weighted by Gasteiger charge is 2.47. The van der Waals surface area contributed by atoms with Gasteiger partial charge in [0, 0.05) is 36.3 Å². The first-order chi connectivity index (χ1) is 15.3. The second kappa shape index (κ2) is 8.46. The van der Waals surface area contributed by atoms with Gasteiger partial charge in [-0.1, -0.05) is 30.3 Å². The molecule has 0 unspecified atom stereocenters. The molecule has 0 radical (unpaired) electrons. The Morgan fingerprint density at radius 2 is 1.56 bits per heavy atom. The Kier molecular flexibility index (Phi) is 5.70. The number of benzene rings is 2. The first-order valence-corrected chi connectivity index (χ1v) is 10.9. The summed E-state index contributed by atoms with van der Waals surface area (Å²) in [7, 11) is -5.50. The van der Waals surface area contributed by atoms with Crippen LogP contribution < -0.4 is 5.32 Å². The molecule has 0 aliphatic heterocycles. The summed E-state index contributed by atoms with van der Waals surface area (Å²) >= 11 is 0. The van der Waals surface area contributed by atoms with Gasteiger partial charge in [0.25, 0.3) is 9.84 Å². The highest BCUT2D eigenvalue weighted by Crippen LogP contribution is 2.34. The van der Waals surface area contributed by atoms with E-state index in [0.29, 0.717) is 11.3 Å². The molecule has 2 aromatic heterocycles. The number of pyridine rings is 1. The predicted molar refractivity (Wildman–Crippen MR) is 114 cm³/mol. The fourth-order valence-electron chi connectivity index (χ4n) is 3.17. The van der Waals surface area contributed by atoms with Crippen LogP contribution in [0.5, 0.6) is 0 Å². The molecule has 0 atom stereocenters. The smallest absolute Gasteiger partial charge is 0.380 e. The van der Waals surface area contributed by atoms with Crippen LogP contribution in [0.3, 0.4) is 0 Å². The predicted octanol–water partition coefficient (Wildman–Crippen LogP) is 4.84. The van der Waals surface area contributed by atoms with Gasteiger partial charge < -0.3 is 5.32 Å². The maximum atomic E-state index is 13.1. The number of hydrogen-bond donors (Lipinski definition) is 1. The molecule has 10 heteroatoms. The number of alkyl halides is 3. The van der Waals surface area contributed by atoms with E-state index in [1.54, 1.807) is 35.4 Å². The van der Waals surface area contributed by atoms with E-state index in [9.17, 15) is 21.6 Å². The van der Waals surface area contributed by atoms with Crippen molar-refractivity contribution in [2.24, 2.45) is 0 Å². The SMILES string of the molecule is O=S(=O)(c1ccccc1NCc1cn(-c2ccccc2)nc1-c1ccncc1)C(F)(F)F. The van der Waals surface area contributed by atoms with Crippen LogP contribution in [-0.4, -0.2) is 28.7 Å². The highest BCUT2D eigenvalue weighted by atomic mass is 32.2. The second-order valence-electron chi connectivity index (χ2n) is 6.82. The second-order valence-corrected chi connectivity index (χ2v) is 8.73. The van der Waals surface area contributed by atoms with Gasteiger partial charge in [-0.3, -0.25) is 4.98 Å². The van der Waals surface area contributed by atoms with Crippen molar-refractivity contribution in [2.75, 3.05) is 5.32 Å². The lowest BCUT2D eigenvalue weighted by atomic mass is 10.1. The third-order valence-electron chi connectivity index (χ3n) is 4.72. The number of nitrogens with one attached hydrogen (secondary N) is 1. The molecular formula is C22H17F3N4O2S. The summed E-state index contributed by atoms with van der Waals surface area (Å²) in [6.07, 6.45) is 4.97. The van der Waals surface area contributed by atoms with E-state index < -0.39 is 20.2 Å². The van der Waals surface area contributed by atoms with Crippen LogP contribution in [0, 0.1) is 0 Å². The van der Waals surface area contributed by atoms with Crippen molar-refractivity contribution in [1.29, 1.82) is 0 Å². The number of halogens is 3. The Balaban J connectivity index is 1.71. The van der Waals surface area contributed by atoms with Gasteiger partial charge in [0.1, 0.15) is 0 Å². The van der Waals surface area contributed by atoms with Gasteiger partial charge in [-0.05, 0) is 36.4 Å². The van der Waals surface area contributed by atoms with Crippen molar-refractivity contribution in [1.82, 2.24) is 14.8 Å². The van der Waals surface area contributed by atoms with Crippen molar-refractivity contribution >= 4 is 15.5 Å². The number of rotatable bonds is 6. The van der Waals surface area contributed by atoms with Gasteiger partial charge in [0.05, 0.1) is 22.0 Å². The first kappa shape index (κ1) is 21.6. The van der Waals surface area contributed by atoms with Crippen LogP contribution in [-0.2, 0) is 16.4 Å². The molecule has 0 saturated carbocycles. The molecule has 6 nitrogen and oxygen atoms in total. The van der Waals surface area contributed by atoms with Crippen molar-refractivity contribution in [2.45, 2.75) is 16.9 Å². The number of nitrogens with zero attached hydrogens (tertiary/aromatic N) is 3. The molecular weight excluding hydrogens is 441 g/mol. The zero-order valence-corrected chi connectivity index (χ0v) is 17.3.